The van der Waals surface area contributed by atoms with Gasteiger partial charge in [-0.05, 0) is 51.4 Å². The molecule has 0 bridgehead atoms. The van der Waals surface area contributed by atoms with Gasteiger partial charge in [-0.25, -0.2) is 19.2 Å². The Morgan fingerprint density at radius 1 is 0.550 bits per heavy atom. The third-order valence-electron chi connectivity index (χ3n) is 7.78. The van der Waals surface area contributed by atoms with Gasteiger partial charge in [0.25, 0.3) is 0 Å². The van der Waals surface area contributed by atoms with E-state index >= 15 is 0 Å². The Labute approximate surface area is 228 Å². The SMILES string of the molecule is CCCCCCCCc1cc2c3cccc4cccc(c5c(C(=O)O)c(C(=O)O)c(C(=O)O)c(c1C(=O)O)c25)c43. The van der Waals surface area contributed by atoms with Gasteiger partial charge in [0.1, 0.15) is 0 Å². The molecular formula is C32H28O8. The Morgan fingerprint density at radius 3 is 1.70 bits per heavy atom. The molecular weight excluding hydrogens is 512 g/mol. The van der Waals surface area contributed by atoms with E-state index in [2.05, 4.69) is 6.92 Å². The van der Waals surface area contributed by atoms with Gasteiger partial charge in [0.15, 0.2) is 0 Å². The molecule has 0 fully saturated rings. The van der Waals surface area contributed by atoms with Crippen molar-refractivity contribution in [3.05, 3.63) is 70.3 Å². The molecule has 0 aromatic heterocycles. The van der Waals surface area contributed by atoms with Crippen LogP contribution in [0.4, 0.5) is 0 Å². The molecule has 0 aliphatic heterocycles. The van der Waals surface area contributed by atoms with Crippen molar-refractivity contribution < 1.29 is 39.6 Å². The summed E-state index contributed by atoms with van der Waals surface area (Å²) in [5.74, 6) is -6.45. The average molecular weight is 541 g/mol. The molecule has 0 saturated heterocycles. The standard InChI is InChI=1S/C32H28O8/c1-2-3-4-5-6-7-10-17-15-20-18-13-8-11-16-12-9-14-19(21(16)18)23-24(20)25(22(17)29(33)34)27(31(37)38)28(32(39)40)26(23)30(35)36/h8-9,11-15H,2-7,10H2,1H3,(H,33,34)(H,35,36)(H,37,38)(H,39,40). The molecule has 0 radical (unpaired) electrons. The fourth-order valence-electron chi connectivity index (χ4n) is 6.18. The highest BCUT2D eigenvalue weighted by atomic mass is 16.4. The first-order valence-electron chi connectivity index (χ1n) is 13.3. The summed E-state index contributed by atoms with van der Waals surface area (Å²) in [6, 6.07) is 12.5. The van der Waals surface area contributed by atoms with E-state index in [1.54, 1.807) is 18.2 Å². The minimum atomic E-state index is -1.75. The molecule has 0 spiro atoms. The highest BCUT2D eigenvalue weighted by molar-refractivity contribution is 6.40. The van der Waals surface area contributed by atoms with Gasteiger partial charge < -0.3 is 20.4 Å². The van der Waals surface area contributed by atoms with Crippen LogP contribution >= 0.6 is 0 Å². The van der Waals surface area contributed by atoms with Gasteiger partial charge in [0.05, 0.1) is 22.3 Å². The average Bonchev–Trinajstić information content (AvgIpc) is 2.91. The van der Waals surface area contributed by atoms with Crippen molar-refractivity contribution in [3.8, 4) is 0 Å². The number of hydrogen-bond donors (Lipinski definition) is 4. The molecule has 5 aromatic carbocycles. The summed E-state index contributed by atoms with van der Waals surface area (Å²) in [7, 11) is 0. The van der Waals surface area contributed by atoms with Gasteiger partial charge in [-0.3, -0.25) is 0 Å². The zero-order valence-corrected chi connectivity index (χ0v) is 21.9. The summed E-state index contributed by atoms with van der Waals surface area (Å²) in [4.78, 5) is 50.7. The fraction of sp³-hybridized carbons (Fsp3) is 0.250. The van der Waals surface area contributed by atoms with Crippen LogP contribution in [0, 0.1) is 0 Å². The summed E-state index contributed by atoms with van der Waals surface area (Å²) in [5.41, 5.74) is -2.31. The monoisotopic (exact) mass is 540 g/mol. The van der Waals surface area contributed by atoms with E-state index in [1.165, 1.54) is 0 Å². The number of fused-ring (bicyclic) bond motifs is 2. The molecule has 4 N–H and O–H groups in total. The van der Waals surface area contributed by atoms with E-state index in [0.717, 1.165) is 37.5 Å². The first-order chi connectivity index (χ1) is 19.2. The Balaban J connectivity index is 2.02. The van der Waals surface area contributed by atoms with E-state index in [1.807, 2.05) is 24.3 Å². The van der Waals surface area contributed by atoms with Crippen LogP contribution in [0.15, 0.2) is 42.5 Å². The van der Waals surface area contributed by atoms with E-state index in [9.17, 15) is 39.6 Å². The second-order valence-corrected chi connectivity index (χ2v) is 10.2. The largest absolute Gasteiger partial charge is 0.478 e. The Kier molecular flexibility index (Phi) is 7.02. The summed E-state index contributed by atoms with van der Waals surface area (Å²) in [6.45, 7) is 2.12. The number of rotatable bonds is 11. The molecule has 0 amide bonds. The molecule has 8 heteroatoms. The molecule has 0 heterocycles. The van der Waals surface area contributed by atoms with Crippen LogP contribution in [0.5, 0.6) is 0 Å². The molecule has 0 aliphatic carbocycles. The number of benzene rings is 5. The van der Waals surface area contributed by atoms with Crippen LogP contribution in [-0.4, -0.2) is 44.3 Å². The number of carboxylic acids is 4. The van der Waals surface area contributed by atoms with E-state index in [4.69, 9.17) is 0 Å². The predicted octanol–water partition coefficient (Wildman–Crippen LogP) is 7.43. The van der Waals surface area contributed by atoms with Crippen molar-refractivity contribution in [1.29, 1.82) is 0 Å². The number of carbonyl (C=O) groups is 4. The third kappa shape index (κ3) is 4.16. The predicted molar refractivity (Wildman–Crippen MR) is 153 cm³/mol. The maximum absolute atomic E-state index is 12.8. The van der Waals surface area contributed by atoms with Crippen LogP contribution < -0.4 is 0 Å². The van der Waals surface area contributed by atoms with Gasteiger partial charge in [-0.1, -0.05) is 75.4 Å². The molecule has 204 valence electrons. The lowest BCUT2D eigenvalue weighted by Gasteiger charge is -2.22. The van der Waals surface area contributed by atoms with Crippen molar-refractivity contribution in [1.82, 2.24) is 0 Å². The maximum atomic E-state index is 12.8. The maximum Gasteiger partial charge on any atom is 0.337 e. The Bertz CT molecular complexity index is 1840. The minimum absolute atomic E-state index is 0.0258. The van der Waals surface area contributed by atoms with Crippen molar-refractivity contribution in [2.45, 2.75) is 51.9 Å². The van der Waals surface area contributed by atoms with E-state index < -0.39 is 40.6 Å². The smallest absolute Gasteiger partial charge is 0.337 e. The zero-order chi connectivity index (χ0) is 28.7. The van der Waals surface area contributed by atoms with Crippen molar-refractivity contribution in [2.75, 3.05) is 0 Å². The lowest BCUT2D eigenvalue weighted by Crippen LogP contribution is -2.18. The van der Waals surface area contributed by atoms with Crippen LogP contribution in [0.3, 0.4) is 0 Å². The van der Waals surface area contributed by atoms with E-state index in [0.29, 0.717) is 39.9 Å². The normalized spacial score (nSPS) is 11.6. The van der Waals surface area contributed by atoms with Gasteiger partial charge in [-0.2, -0.15) is 0 Å². The van der Waals surface area contributed by atoms with Crippen LogP contribution in [0.1, 0.15) is 92.4 Å². The molecule has 5 aromatic rings. The third-order valence-corrected chi connectivity index (χ3v) is 7.78. The first kappa shape index (κ1) is 26.9. The second-order valence-electron chi connectivity index (χ2n) is 10.2. The van der Waals surface area contributed by atoms with Crippen molar-refractivity contribution >= 4 is 67.0 Å². The highest BCUT2D eigenvalue weighted by Gasteiger charge is 2.34. The summed E-state index contributed by atoms with van der Waals surface area (Å²) in [6.07, 6.45) is 6.14. The Morgan fingerprint density at radius 2 is 1.10 bits per heavy atom. The summed E-state index contributed by atoms with van der Waals surface area (Å²) in [5, 5.41) is 44.2. The lowest BCUT2D eigenvalue weighted by atomic mass is 9.80. The van der Waals surface area contributed by atoms with Crippen LogP contribution in [-0.2, 0) is 6.42 Å². The number of carboxylic acid groups (broad SMARTS) is 4. The van der Waals surface area contributed by atoms with Crippen LogP contribution in [0.2, 0.25) is 0 Å². The summed E-state index contributed by atoms with van der Waals surface area (Å²) >= 11 is 0. The van der Waals surface area contributed by atoms with Gasteiger partial charge >= 0.3 is 23.9 Å². The summed E-state index contributed by atoms with van der Waals surface area (Å²) < 4.78 is 0. The molecule has 0 saturated carbocycles. The molecule has 8 nitrogen and oxygen atoms in total. The van der Waals surface area contributed by atoms with Gasteiger partial charge in [0, 0.05) is 16.2 Å². The van der Waals surface area contributed by atoms with Gasteiger partial charge in [-0.15, -0.1) is 0 Å². The van der Waals surface area contributed by atoms with Crippen molar-refractivity contribution in [2.24, 2.45) is 0 Å². The second kappa shape index (κ2) is 10.4. The number of aromatic carboxylic acids is 4. The van der Waals surface area contributed by atoms with Crippen molar-refractivity contribution in [3.63, 3.8) is 0 Å². The zero-order valence-electron chi connectivity index (χ0n) is 21.9. The highest BCUT2D eigenvalue weighted by Crippen LogP contribution is 2.46. The molecule has 0 atom stereocenters. The molecule has 0 unspecified atom stereocenters. The van der Waals surface area contributed by atoms with Gasteiger partial charge in [0.2, 0.25) is 0 Å². The topological polar surface area (TPSA) is 149 Å². The molecule has 40 heavy (non-hydrogen) atoms. The number of hydrogen-bond acceptors (Lipinski definition) is 4. The van der Waals surface area contributed by atoms with E-state index in [-0.39, 0.29) is 21.7 Å². The minimum Gasteiger partial charge on any atom is -0.478 e. The Hall–Kier alpha value is -4.72. The number of unbranched alkanes of at least 4 members (excludes halogenated alkanes) is 5. The first-order valence-corrected chi connectivity index (χ1v) is 13.3. The molecule has 5 rings (SSSR count). The lowest BCUT2D eigenvalue weighted by molar-refractivity contribution is 0.0635. The fourth-order valence-corrected chi connectivity index (χ4v) is 6.18. The van der Waals surface area contributed by atoms with Crippen LogP contribution in [0.25, 0.3) is 43.1 Å². The number of aryl methyl sites for hydroxylation is 1. The molecule has 0 aliphatic rings. The quantitative estimate of drug-likeness (QED) is 0.0767.